The second-order valence-electron chi connectivity index (χ2n) is 5.27. The fourth-order valence-electron chi connectivity index (χ4n) is 2.10. The number of unbranched alkanes of at least 4 members (excludes halogenated alkanes) is 4. The first kappa shape index (κ1) is 20.6. The molecule has 1 unspecified atom stereocenters. The number of ether oxygens (including phenoxy) is 2. The molecule has 0 aromatic carbocycles. The van der Waals surface area contributed by atoms with Gasteiger partial charge in [0.2, 0.25) is 0 Å². The lowest BCUT2D eigenvalue weighted by Gasteiger charge is -2.10. The Morgan fingerprint density at radius 3 is 2.41 bits per heavy atom. The van der Waals surface area contributed by atoms with Crippen LogP contribution in [0, 0.1) is 0 Å². The predicted octanol–water partition coefficient (Wildman–Crippen LogP) is 4.98. The van der Waals surface area contributed by atoms with Crippen LogP contribution in [0.1, 0.15) is 58.3 Å². The van der Waals surface area contributed by atoms with Gasteiger partial charge in [-0.05, 0) is 26.2 Å². The Balaban J connectivity index is 3.62. The van der Waals surface area contributed by atoms with Crippen LogP contribution in [0.2, 0.25) is 0 Å². The fourth-order valence-corrected chi connectivity index (χ4v) is 2.10. The molecule has 0 N–H and O–H groups in total. The van der Waals surface area contributed by atoms with Gasteiger partial charge in [-0.2, -0.15) is 0 Å². The van der Waals surface area contributed by atoms with Crippen molar-refractivity contribution in [2.45, 2.75) is 64.4 Å². The molecule has 22 heavy (non-hydrogen) atoms. The molecule has 0 aliphatic heterocycles. The number of allylic oxidation sites excluding steroid dienone is 5. The Morgan fingerprint density at radius 1 is 1.00 bits per heavy atom. The molecule has 3 heteroatoms. The zero-order chi connectivity index (χ0) is 16.5. The highest BCUT2D eigenvalue weighted by Crippen LogP contribution is 2.11. The number of hydrogen-bond donors (Lipinski definition) is 0. The molecule has 3 nitrogen and oxygen atoms in total. The van der Waals surface area contributed by atoms with E-state index in [1.54, 1.807) is 7.11 Å². The van der Waals surface area contributed by atoms with Crippen LogP contribution in [0.4, 0.5) is 0 Å². The smallest absolute Gasteiger partial charge is 0.305 e. The summed E-state index contributed by atoms with van der Waals surface area (Å²) < 4.78 is 10.1. The first-order valence-corrected chi connectivity index (χ1v) is 8.28. The molecular formula is C19H32O3. The zero-order valence-electron chi connectivity index (χ0n) is 14.4. The summed E-state index contributed by atoms with van der Waals surface area (Å²) in [4.78, 5) is 11.0. The highest BCUT2D eigenvalue weighted by atomic mass is 16.5. The summed E-state index contributed by atoms with van der Waals surface area (Å²) in [5.41, 5.74) is 0. The molecule has 0 radical (unpaired) electrons. The third-order valence-electron chi connectivity index (χ3n) is 3.48. The molecule has 0 bridgehead atoms. The molecule has 0 rings (SSSR count). The highest BCUT2D eigenvalue weighted by molar-refractivity contribution is 5.68. The molecule has 0 heterocycles. The number of carbonyl (C=O) groups is 1. The van der Waals surface area contributed by atoms with E-state index in [0.717, 1.165) is 32.1 Å². The van der Waals surface area contributed by atoms with Crippen LogP contribution >= 0.6 is 0 Å². The maximum atomic E-state index is 11.0. The molecule has 0 aliphatic carbocycles. The minimum atomic E-state index is -0.105. The molecule has 0 spiro atoms. The van der Waals surface area contributed by atoms with Gasteiger partial charge in [-0.15, -0.1) is 0 Å². The van der Waals surface area contributed by atoms with Gasteiger partial charge in [0.05, 0.1) is 13.2 Å². The molecule has 0 aromatic rings. The third kappa shape index (κ3) is 13.6. The van der Waals surface area contributed by atoms with Crippen molar-refractivity contribution in [3.8, 4) is 0 Å². The molecule has 0 fully saturated rings. The van der Waals surface area contributed by atoms with Crippen molar-refractivity contribution in [3.05, 3.63) is 36.5 Å². The standard InChI is InChI=1S/C19H32O3/c1-4-5-6-7-9-12-15-18(21-2)16-13-10-8-11-14-17-19(20)22-3/h4-5,7,9,12,15,18H,6,8,10-11,13-14,16-17H2,1-3H3. The lowest BCUT2D eigenvalue weighted by Crippen LogP contribution is -2.06. The van der Waals surface area contributed by atoms with Crippen LogP contribution in [0.5, 0.6) is 0 Å². The van der Waals surface area contributed by atoms with Crippen LogP contribution in [0.15, 0.2) is 36.5 Å². The van der Waals surface area contributed by atoms with E-state index in [1.807, 2.05) is 6.92 Å². The topological polar surface area (TPSA) is 35.5 Å². The zero-order valence-corrected chi connectivity index (χ0v) is 14.4. The minimum Gasteiger partial charge on any atom is -0.469 e. The van der Waals surface area contributed by atoms with Gasteiger partial charge in [0, 0.05) is 13.5 Å². The normalized spacial score (nSPS) is 13.4. The van der Waals surface area contributed by atoms with E-state index in [1.165, 1.54) is 20.0 Å². The van der Waals surface area contributed by atoms with E-state index in [2.05, 4.69) is 41.2 Å². The number of methoxy groups -OCH3 is 2. The van der Waals surface area contributed by atoms with Gasteiger partial charge < -0.3 is 9.47 Å². The molecule has 1 atom stereocenters. The number of carbonyl (C=O) groups excluding carboxylic acids is 1. The lowest BCUT2D eigenvalue weighted by atomic mass is 10.1. The van der Waals surface area contributed by atoms with Crippen molar-refractivity contribution in [3.63, 3.8) is 0 Å². The van der Waals surface area contributed by atoms with Gasteiger partial charge >= 0.3 is 5.97 Å². The van der Waals surface area contributed by atoms with Crippen molar-refractivity contribution in [1.29, 1.82) is 0 Å². The predicted molar refractivity (Wildman–Crippen MR) is 92.8 cm³/mol. The minimum absolute atomic E-state index is 0.105. The average Bonchev–Trinajstić information content (AvgIpc) is 2.54. The second kappa shape index (κ2) is 16.0. The Labute approximate surface area is 136 Å². The van der Waals surface area contributed by atoms with Crippen molar-refractivity contribution in [2.24, 2.45) is 0 Å². The molecule has 0 aliphatic rings. The van der Waals surface area contributed by atoms with Crippen molar-refractivity contribution >= 4 is 5.97 Å². The van der Waals surface area contributed by atoms with E-state index >= 15 is 0 Å². The van der Waals surface area contributed by atoms with E-state index in [4.69, 9.17) is 4.74 Å². The van der Waals surface area contributed by atoms with E-state index in [0.29, 0.717) is 6.42 Å². The second-order valence-corrected chi connectivity index (χ2v) is 5.27. The van der Waals surface area contributed by atoms with E-state index < -0.39 is 0 Å². The molecule has 0 saturated heterocycles. The summed E-state index contributed by atoms with van der Waals surface area (Å²) in [6.07, 6.45) is 20.8. The van der Waals surface area contributed by atoms with Gasteiger partial charge in [-0.25, -0.2) is 0 Å². The van der Waals surface area contributed by atoms with Gasteiger partial charge in [-0.3, -0.25) is 4.79 Å². The van der Waals surface area contributed by atoms with Crippen LogP contribution in [-0.2, 0) is 14.3 Å². The summed E-state index contributed by atoms with van der Waals surface area (Å²) in [7, 11) is 3.20. The average molecular weight is 308 g/mol. The number of esters is 1. The number of rotatable bonds is 13. The van der Waals surface area contributed by atoms with Crippen molar-refractivity contribution in [2.75, 3.05) is 14.2 Å². The fraction of sp³-hybridized carbons (Fsp3) is 0.632. The van der Waals surface area contributed by atoms with E-state index in [9.17, 15) is 4.79 Å². The third-order valence-corrected chi connectivity index (χ3v) is 3.48. The summed E-state index contributed by atoms with van der Waals surface area (Å²) in [5.74, 6) is -0.105. The van der Waals surface area contributed by atoms with Crippen LogP contribution in [0.3, 0.4) is 0 Å². The van der Waals surface area contributed by atoms with Crippen molar-refractivity contribution < 1.29 is 14.3 Å². The maximum Gasteiger partial charge on any atom is 0.305 e. The van der Waals surface area contributed by atoms with E-state index in [-0.39, 0.29) is 12.1 Å². The summed E-state index contributed by atoms with van der Waals surface area (Å²) in [5, 5.41) is 0. The molecule has 0 amide bonds. The largest absolute Gasteiger partial charge is 0.469 e. The summed E-state index contributed by atoms with van der Waals surface area (Å²) in [6, 6.07) is 0. The Morgan fingerprint density at radius 2 is 1.73 bits per heavy atom. The summed E-state index contributed by atoms with van der Waals surface area (Å²) in [6.45, 7) is 2.03. The molecule has 126 valence electrons. The number of hydrogen-bond acceptors (Lipinski definition) is 3. The van der Waals surface area contributed by atoms with Crippen LogP contribution < -0.4 is 0 Å². The van der Waals surface area contributed by atoms with Gasteiger partial charge in [0.1, 0.15) is 0 Å². The SMILES string of the molecule is CC=CCC=CC=CC(CCCCCCCC(=O)OC)OC. The molecular weight excluding hydrogens is 276 g/mol. The quantitative estimate of drug-likeness (QED) is 0.208. The Hall–Kier alpha value is -1.35. The summed E-state index contributed by atoms with van der Waals surface area (Å²) >= 11 is 0. The highest BCUT2D eigenvalue weighted by Gasteiger charge is 2.02. The van der Waals surface area contributed by atoms with Gasteiger partial charge in [0.25, 0.3) is 0 Å². The van der Waals surface area contributed by atoms with Crippen LogP contribution in [-0.4, -0.2) is 26.3 Å². The monoisotopic (exact) mass is 308 g/mol. The first-order chi connectivity index (χ1) is 10.7. The first-order valence-electron chi connectivity index (χ1n) is 8.28. The van der Waals surface area contributed by atoms with Gasteiger partial charge in [-0.1, -0.05) is 62.1 Å². The van der Waals surface area contributed by atoms with Gasteiger partial charge in [0.15, 0.2) is 0 Å². The van der Waals surface area contributed by atoms with Crippen LogP contribution in [0.25, 0.3) is 0 Å². The molecule has 0 aromatic heterocycles. The Bertz CT molecular complexity index is 343. The molecule has 0 saturated carbocycles. The Kier molecular flexibility index (Phi) is 15.0. The maximum absolute atomic E-state index is 11.0. The lowest BCUT2D eigenvalue weighted by molar-refractivity contribution is -0.140. The van der Waals surface area contributed by atoms with Crippen molar-refractivity contribution in [1.82, 2.24) is 0 Å².